The minimum atomic E-state index is 0.0609. The summed E-state index contributed by atoms with van der Waals surface area (Å²) in [4.78, 5) is 22.8. The van der Waals surface area contributed by atoms with Gasteiger partial charge in [0.05, 0.1) is 0 Å². The molecule has 3 heteroatoms. The zero-order valence-corrected chi connectivity index (χ0v) is 14.7. The molecule has 1 amide bonds. The molecule has 124 valence electrons. The molecule has 0 fully saturated rings. The Morgan fingerprint density at radius 2 is 1.64 bits per heavy atom. The van der Waals surface area contributed by atoms with E-state index in [1.807, 2.05) is 26.0 Å². The lowest BCUT2D eigenvalue weighted by atomic mass is 10.1. The van der Waals surface area contributed by atoms with E-state index >= 15 is 0 Å². The number of hydrogen-bond acceptors (Lipinski definition) is 2. The summed E-state index contributed by atoms with van der Waals surface area (Å²) in [6.07, 6.45) is 3.84. The summed E-state index contributed by atoms with van der Waals surface area (Å²) in [6.45, 7) is 10.5. The van der Waals surface area contributed by atoms with Crippen LogP contribution in [0.1, 0.15) is 76.2 Å². The third-order valence-electron chi connectivity index (χ3n) is 3.29. The largest absolute Gasteiger partial charge is 0.352 e. The molecular formula is C19H31NO2. The molecule has 0 atom stereocenters. The number of benzene rings is 1. The van der Waals surface area contributed by atoms with Gasteiger partial charge in [0.2, 0.25) is 5.91 Å². The fraction of sp³-hybridized carbons (Fsp3) is 0.579. The van der Waals surface area contributed by atoms with Gasteiger partial charge in [-0.2, -0.15) is 0 Å². The molecule has 3 nitrogen and oxygen atoms in total. The van der Waals surface area contributed by atoms with Gasteiger partial charge in [-0.15, -0.1) is 0 Å². The van der Waals surface area contributed by atoms with Crippen LogP contribution in [0.25, 0.3) is 0 Å². The van der Waals surface area contributed by atoms with Gasteiger partial charge in [0.1, 0.15) is 0 Å². The Kier molecular flexibility index (Phi) is 11.1. The molecule has 0 saturated carbocycles. The molecule has 0 heterocycles. The summed E-state index contributed by atoms with van der Waals surface area (Å²) in [5, 5.41) is 2.91. The highest BCUT2D eigenvalue weighted by atomic mass is 16.1. The van der Waals surface area contributed by atoms with Gasteiger partial charge in [-0.05, 0) is 24.8 Å². The number of carbonyl (C=O) groups is 2. The number of hydrogen-bond donors (Lipinski definition) is 1. The van der Waals surface area contributed by atoms with E-state index in [-0.39, 0.29) is 11.7 Å². The fourth-order valence-corrected chi connectivity index (χ4v) is 1.98. The first-order valence-electron chi connectivity index (χ1n) is 8.35. The van der Waals surface area contributed by atoms with Crippen molar-refractivity contribution in [2.45, 2.75) is 66.8 Å². The fourth-order valence-electron chi connectivity index (χ4n) is 1.98. The van der Waals surface area contributed by atoms with Crippen LogP contribution < -0.4 is 5.32 Å². The van der Waals surface area contributed by atoms with E-state index in [0.29, 0.717) is 24.4 Å². The van der Waals surface area contributed by atoms with Crippen LogP contribution in [0.2, 0.25) is 0 Å². The molecule has 0 saturated heterocycles. The molecular weight excluding hydrogens is 274 g/mol. The highest BCUT2D eigenvalue weighted by Gasteiger charge is 2.03. The molecule has 0 aromatic heterocycles. The molecule has 0 aliphatic heterocycles. The summed E-state index contributed by atoms with van der Waals surface area (Å²) in [5.41, 5.74) is 1.72. The Morgan fingerprint density at radius 3 is 2.14 bits per heavy atom. The van der Waals surface area contributed by atoms with Crippen LogP contribution in [-0.4, -0.2) is 11.7 Å². The normalized spacial score (nSPS) is 9.91. The lowest BCUT2D eigenvalue weighted by Crippen LogP contribution is -2.22. The first kappa shape index (κ1) is 20.4. The summed E-state index contributed by atoms with van der Waals surface area (Å²) in [7, 11) is 0. The molecule has 0 unspecified atom stereocenters. The van der Waals surface area contributed by atoms with Crippen LogP contribution in [0.3, 0.4) is 0 Å². The molecule has 0 bridgehead atoms. The SMILES string of the molecule is CC.CC(=O)c1ccc(CNC(=O)CCCCC(C)C)cc1. The number of amides is 1. The second kappa shape index (κ2) is 12.0. The zero-order valence-electron chi connectivity index (χ0n) is 14.7. The van der Waals surface area contributed by atoms with Crippen molar-refractivity contribution in [1.82, 2.24) is 5.32 Å². The van der Waals surface area contributed by atoms with E-state index in [0.717, 1.165) is 18.4 Å². The van der Waals surface area contributed by atoms with Crippen molar-refractivity contribution >= 4 is 11.7 Å². The standard InChI is InChI=1S/C17H25NO2.C2H6/c1-13(2)6-4-5-7-17(20)18-12-15-8-10-16(11-9-15)14(3)19;1-2/h8-11,13H,4-7,12H2,1-3H3,(H,18,20);1-2H3. The van der Waals surface area contributed by atoms with Crippen molar-refractivity contribution in [2.75, 3.05) is 0 Å². The van der Waals surface area contributed by atoms with Crippen LogP contribution in [0.5, 0.6) is 0 Å². The first-order valence-corrected chi connectivity index (χ1v) is 8.35. The second-order valence-electron chi connectivity index (χ2n) is 5.67. The Hall–Kier alpha value is -1.64. The van der Waals surface area contributed by atoms with Crippen LogP contribution in [-0.2, 0) is 11.3 Å². The van der Waals surface area contributed by atoms with Crippen molar-refractivity contribution in [3.05, 3.63) is 35.4 Å². The maximum Gasteiger partial charge on any atom is 0.220 e. The average molecular weight is 305 g/mol. The molecule has 0 radical (unpaired) electrons. The molecule has 0 spiro atoms. The van der Waals surface area contributed by atoms with Crippen molar-refractivity contribution in [3.63, 3.8) is 0 Å². The predicted molar refractivity (Wildman–Crippen MR) is 92.9 cm³/mol. The number of ketones is 1. The number of rotatable bonds is 8. The van der Waals surface area contributed by atoms with E-state index in [9.17, 15) is 9.59 Å². The zero-order chi connectivity index (χ0) is 17.0. The van der Waals surface area contributed by atoms with Gasteiger partial charge in [-0.1, -0.05) is 64.8 Å². The smallest absolute Gasteiger partial charge is 0.220 e. The molecule has 0 aliphatic carbocycles. The van der Waals surface area contributed by atoms with Crippen LogP contribution in [0.4, 0.5) is 0 Å². The predicted octanol–water partition coefficient (Wildman–Crippen LogP) is 4.75. The van der Waals surface area contributed by atoms with Crippen molar-refractivity contribution in [2.24, 2.45) is 5.92 Å². The van der Waals surface area contributed by atoms with E-state index in [4.69, 9.17) is 0 Å². The van der Waals surface area contributed by atoms with Gasteiger partial charge in [0.25, 0.3) is 0 Å². The average Bonchev–Trinajstić information content (AvgIpc) is 2.51. The van der Waals surface area contributed by atoms with E-state index in [2.05, 4.69) is 19.2 Å². The number of Topliss-reactive ketones (excluding diaryl/α,β-unsaturated/α-hetero) is 1. The van der Waals surface area contributed by atoms with Gasteiger partial charge in [0.15, 0.2) is 5.78 Å². The Labute approximate surface area is 135 Å². The summed E-state index contributed by atoms with van der Waals surface area (Å²) >= 11 is 0. The number of unbranched alkanes of at least 4 members (excludes halogenated alkanes) is 1. The van der Waals surface area contributed by atoms with Crippen molar-refractivity contribution < 1.29 is 9.59 Å². The highest BCUT2D eigenvalue weighted by Crippen LogP contribution is 2.08. The molecule has 1 rings (SSSR count). The quantitative estimate of drug-likeness (QED) is 0.556. The van der Waals surface area contributed by atoms with Gasteiger partial charge in [-0.25, -0.2) is 0 Å². The molecule has 0 aliphatic rings. The Bertz CT molecular complexity index is 435. The molecule has 22 heavy (non-hydrogen) atoms. The third-order valence-corrected chi connectivity index (χ3v) is 3.29. The van der Waals surface area contributed by atoms with Crippen molar-refractivity contribution in [1.29, 1.82) is 0 Å². The van der Waals surface area contributed by atoms with Gasteiger partial charge in [-0.3, -0.25) is 9.59 Å². The van der Waals surface area contributed by atoms with Gasteiger partial charge >= 0.3 is 0 Å². The Morgan fingerprint density at radius 1 is 1.05 bits per heavy atom. The van der Waals surface area contributed by atoms with Crippen LogP contribution >= 0.6 is 0 Å². The summed E-state index contributed by atoms with van der Waals surface area (Å²) in [6, 6.07) is 7.37. The first-order chi connectivity index (χ1) is 10.5. The minimum Gasteiger partial charge on any atom is -0.352 e. The minimum absolute atomic E-state index is 0.0609. The molecule has 1 N–H and O–H groups in total. The van der Waals surface area contributed by atoms with Gasteiger partial charge < -0.3 is 5.32 Å². The van der Waals surface area contributed by atoms with Crippen LogP contribution in [0.15, 0.2) is 24.3 Å². The number of carbonyl (C=O) groups excluding carboxylic acids is 2. The summed E-state index contributed by atoms with van der Waals surface area (Å²) in [5.74, 6) is 0.869. The van der Waals surface area contributed by atoms with E-state index in [1.54, 1.807) is 19.1 Å². The molecule has 1 aromatic carbocycles. The maximum atomic E-state index is 11.7. The van der Waals surface area contributed by atoms with E-state index in [1.165, 1.54) is 6.42 Å². The third kappa shape index (κ3) is 9.32. The summed E-state index contributed by atoms with van der Waals surface area (Å²) < 4.78 is 0. The topological polar surface area (TPSA) is 46.2 Å². The highest BCUT2D eigenvalue weighted by molar-refractivity contribution is 5.94. The van der Waals surface area contributed by atoms with Crippen LogP contribution in [0, 0.1) is 5.92 Å². The Balaban J connectivity index is 0.00000211. The maximum absolute atomic E-state index is 11.7. The monoisotopic (exact) mass is 305 g/mol. The van der Waals surface area contributed by atoms with Crippen molar-refractivity contribution in [3.8, 4) is 0 Å². The lowest BCUT2D eigenvalue weighted by Gasteiger charge is -2.07. The lowest BCUT2D eigenvalue weighted by molar-refractivity contribution is -0.121. The van der Waals surface area contributed by atoms with Gasteiger partial charge in [0, 0.05) is 18.5 Å². The number of nitrogens with one attached hydrogen (secondary N) is 1. The molecule has 1 aromatic rings. The second-order valence-corrected chi connectivity index (χ2v) is 5.67. The van der Waals surface area contributed by atoms with E-state index < -0.39 is 0 Å².